The Morgan fingerprint density at radius 3 is 2.29 bits per heavy atom. The van der Waals surface area contributed by atoms with E-state index in [4.69, 9.17) is 16.3 Å². The highest BCUT2D eigenvalue weighted by molar-refractivity contribution is 6.30. The first kappa shape index (κ1) is 25.5. The van der Waals surface area contributed by atoms with E-state index >= 15 is 0 Å². The molecule has 0 radical (unpaired) electrons. The first-order valence-corrected chi connectivity index (χ1v) is 12.1. The van der Waals surface area contributed by atoms with E-state index in [0.717, 1.165) is 49.9 Å². The van der Waals surface area contributed by atoms with Crippen LogP contribution in [0.5, 0.6) is 0 Å². The van der Waals surface area contributed by atoms with Gasteiger partial charge in [0.1, 0.15) is 6.10 Å². The molecule has 0 spiro atoms. The Labute approximate surface area is 207 Å². The Morgan fingerprint density at radius 2 is 1.69 bits per heavy atom. The fourth-order valence-corrected chi connectivity index (χ4v) is 4.65. The minimum atomic E-state index is -4.48. The van der Waals surface area contributed by atoms with Gasteiger partial charge in [0.25, 0.3) is 0 Å². The Hall–Kier alpha value is -2.59. The van der Waals surface area contributed by atoms with Crippen LogP contribution >= 0.6 is 11.6 Å². The molecule has 2 aromatic rings. The summed E-state index contributed by atoms with van der Waals surface area (Å²) in [6, 6.07) is 7.44. The van der Waals surface area contributed by atoms with Gasteiger partial charge in [-0.05, 0) is 44.4 Å². The summed E-state index contributed by atoms with van der Waals surface area (Å²) in [4.78, 5) is 26.6. The summed E-state index contributed by atoms with van der Waals surface area (Å²) < 4.78 is 44.2. The summed E-state index contributed by atoms with van der Waals surface area (Å²) in [6.07, 6.45) is -1.85. The van der Waals surface area contributed by atoms with Gasteiger partial charge in [-0.25, -0.2) is 14.8 Å². The van der Waals surface area contributed by atoms with Crippen molar-refractivity contribution in [1.82, 2.24) is 19.8 Å². The van der Waals surface area contributed by atoms with Crippen molar-refractivity contribution in [2.45, 2.75) is 57.6 Å². The number of carbonyl (C=O) groups is 1. The van der Waals surface area contributed by atoms with Crippen LogP contribution in [-0.4, -0.2) is 70.2 Å². The number of carbonyl (C=O) groups excluding carboxylic acids is 1. The van der Waals surface area contributed by atoms with Crippen molar-refractivity contribution >= 4 is 23.6 Å². The molecule has 1 amide bonds. The van der Waals surface area contributed by atoms with Gasteiger partial charge in [-0.1, -0.05) is 23.7 Å². The van der Waals surface area contributed by atoms with E-state index in [1.807, 2.05) is 43.0 Å². The van der Waals surface area contributed by atoms with Gasteiger partial charge >= 0.3 is 12.3 Å². The van der Waals surface area contributed by atoms with Gasteiger partial charge in [-0.15, -0.1) is 0 Å². The molecule has 1 aromatic heterocycles. The van der Waals surface area contributed by atoms with Crippen LogP contribution < -0.4 is 4.90 Å². The number of alkyl halides is 3. The molecule has 35 heavy (non-hydrogen) atoms. The summed E-state index contributed by atoms with van der Waals surface area (Å²) >= 11 is 5.95. The van der Waals surface area contributed by atoms with Gasteiger partial charge in [0.2, 0.25) is 5.95 Å². The lowest BCUT2D eigenvalue weighted by Crippen LogP contribution is -2.59. The smallest absolute Gasteiger partial charge is 0.419 e. The normalized spacial score (nSPS) is 22.3. The van der Waals surface area contributed by atoms with Crippen molar-refractivity contribution in [3.05, 3.63) is 52.8 Å². The molecule has 2 saturated heterocycles. The van der Waals surface area contributed by atoms with E-state index in [1.54, 1.807) is 4.90 Å². The van der Waals surface area contributed by atoms with Crippen LogP contribution in [0.4, 0.5) is 23.9 Å². The van der Waals surface area contributed by atoms with Crippen LogP contribution in [-0.2, 0) is 17.5 Å². The van der Waals surface area contributed by atoms with Crippen LogP contribution in [0.25, 0.3) is 0 Å². The molecule has 0 bridgehead atoms. The summed E-state index contributed by atoms with van der Waals surface area (Å²) in [5.41, 5.74) is 0.311. The zero-order valence-corrected chi connectivity index (χ0v) is 20.5. The lowest BCUT2D eigenvalue weighted by atomic mass is 10.1. The first-order valence-electron chi connectivity index (χ1n) is 11.7. The number of benzene rings is 1. The Morgan fingerprint density at radius 1 is 1.06 bits per heavy atom. The van der Waals surface area contributed by atoms with Crippen molar-refractivity contribution in [1.29, 1.82) is 0 Å². The topological polar surface area (TPSA) is 61.8 Å². The van der Waals surface area contributed by atoms with E-state index < -0.39 is 11.7 Å². The van der Waals surface area contributed by atoms with Gasteiger partial charge in [-0.3, -0.25) is 4.90 Å². The highest BCUT2D eigenvalue weighted by Gasteiger charge is 2.36. The number of likely N-dealkylation sites (tertiary alicyclic amines) is 1. The van der Waals surface area contributed by atoms with Crippen molar-refractivity contribution in [3.63, 3.8) is 0 Å². The lowest BCUT2D eigenvalue weighted by Gasteiger charge is -2.44. The number of ether oxygens (including phenoxy) is 1. The molecule has 2 fully saturated rings. The van der Waals surface area contributed by atoms with Crippen LogP contribution in [0.2, 0.25) is 5.02 Å². The fourth-order valence-electron chi connectivity index (χ4n) is 4.52. The number of halogens is 4. The number of amides is 1. The van der Waals surface area contributed by atoms with Gasteiger partial charge in [0.15, 0.2) is 0 Å². The Balaban J connectivity index is 1.27. The van der Waals surface area contributed by atoms with Gasteiger partial charge in [0.05, 0.1) is 5.56 Å². The number of nitrogens with zero attached hydrogens (tertiary/aromatic N) is 5. The first-order chi connectivity index (χ1) is 16.6. The molecule has 3 heterocycles. The van der Waals surface area contributed by atoms with Crippen molar-refractivity contribution in [2.24, 2.45) is 0 Å². The molecular weight excluding hydrogens is 483 g/mol. The third-order valence-corrected chi connectivity index (χ3v) is 6.82. The van der Waals surface area contributed by atoms with Crippen LogP contribution in [0.15, 0.2) is 36.7 Å². The minimum Gasteiger partial charge on any atom is -0.446 e. The van der Waals surface area contributed by atoms with Crippen LogP contribution in [0.1, 0.15) is 37.8 Å². The average Bonchev–Trinajstić information content (AvgIpc) is 2.82. The van der Waals surface area contributed by atoms with Gasteiger partial charge in [0, 0.05) is 62.2 Å². The number of piperazine rings is 1. The summed E-state index contributed by atoms with van der Waals surface area (Å²) in [5, 5.41) is 0.718. The number of piperidine rings is 1. The number of rotatable bonds is 4. The van der Waals surface area contributed by atoms with Crippen LogP contribution in [0.3, 0.4) is 0 Å². The Kier molecular flexibility index (Phi) is 7.70. The highest BCUT2D eigenvalue weighted by Crippen LogP contribution is 2.29. The second-order valence-electron chi connectivity index (χ2n) is 9.26. The monoisotopic (exact) mass is 511 g/mol. The summed E-state index contributed by atoms with van der Waals surface area (Å²) in [7, 11) is 0. The maximum absolute atomic E-state index is 12.9. The molecule has 7 nitrogen and oxygen atoms in total. The molecule has 2 aliphatic rings. The standard InChI is InChI=1S/C24H29ClF3N5O2/c1-16-14-33(17(2)13-32(16)22-29-11-19(12-30-22)24(26,27)28)23(34)35-21-7-9-31(10-8-21)15-18-3-5-20(25)6-4-18/h3-6,11-12,16-17,21H,7-10,13-15H2,1-2H3/t16-,17+/m0/s1. The fraction of sp³-hybridized carbons (Fsp3) is 0.542. The average molecular weight is 512 g/mol. The van der Waals surface area contributed by atoms with Crippen LogP contribution in [0, 0.1) is 0 Å². The molecular formula is C24H29ClF3N5O2. The maximum Gasteiger partial charge on any atom is 0.419 e. The molecule has 0 unspecified atom stereocenters. The number of anilines is 1. The number of aromatic nitrogens is 2. The molecule has 0 aliphatic carbocycles. The minimum absolute atomic E-state index is 0.136. The largest absolute Gasteiger partial charge is 0.446 e. The summed E-state index contributed by atoms with van der Waals surface area (Å²) in [6.45, 7) is 7.07. The predicted octanol–water partition coefficient (Wildman–Crippen LogP) is 4.85. The zero-order valence-electron chi connectivity index (χ0n) is 19.7. The number of hydrogen-bond acceptors (Lipinski definition) is 6. The van der Waals surface area contributed by atoms with Gasteiger partial charge in [-0.2, -0.15) is 13.2 Å². The van der Waals surface area contributed by atoms with E-state index in [0.29, 0.717) is 13.1 Å². The Bertz CT molecular complexity index is 998. The van der Waals surface area contributed by atoms with Crippen molar-refractivity contribution in [3.8, 4) is 0 Å². The van der Waals surface area contributed by atoms with E-state index in [9.17, 15) is 18.0 Å². The third-order valence-electron chi connectivity index (χ3n) is 6.56. The summed E-state index contributed by atoms with van der Waals surface area (Å²) in [5.74, 6) is 0.221. The molecule has 1 aromatic carbocycles. The second kappa shape index (κ2) is 10.6. The SMILES string of the molecule is C[C@@H]1CN(c2ncc(C(F)(F)F)cn2)[C@@H](C)CN1C(=O)OC1CCN(Cc2ccc(Cl)cc2)CC1. The molecule has 190 valence electrons. The maximum atomic E-state index is 12.9. The van der Waals surface area contributed by atoms with Gasteiger partial charge < -0.3 is 14.5 Å². The quantitative estimate of drug-likeness (QED) is 0.585. The molecule has 4 rings (SSSR count). The van der Waals surface area contributed by atoms with E-state index in [1.165, 1.54) is 5.56 Å². The third kappa shape index (κ3) is 6.35. The number of hydrogen-bond donors (Lipinski definition) is 0. The van der Waals surface area contributed by atoms with Crippen molar-refractivity contribution in [2.75, 3.05) is 31.1 Å². The molecule has 0 saturated carbocycles. The second-order valence-corrected chi connectivity index (χ2v) is 9.69. The predicted molar refractivity (Wildman–Crippen MR) is 126 cm³/mol. The van der Waals surface area contributed by atoms with Crippen molar-refractivity contribution < 1.29 is 22.7 Å². The highest BCUT2D eigenvalue weighted by atomic mass is 35.5. The zero-order chi connectivity index (χ0) is 25.2. The molecule has 11 heteroatoms. The van der Waals surface area contributed by atoms with E-state index in [2.05, 4.69) is 14.9 Å². The molecule has 0 N–H and O–H groups in total. The molecule has 2 atom stereocenters. The van der Waals surface area contributed by atoms with E-state index in [-0.39, 0.29) is 30.2 Å². The molecule has 2 aliphatic heterocycles. The lowest BCUT2D eigenvalue weighted by molar-refractivity contribution is -0.138.